The molecule has 5 heteroatoms. The maximum absolute atomic E-state index is 9.20. The average molecular weight is 272 g/mol. The number of pyridine rings is 1. The van der Waals surface area contributed by atoms with E-state index in [1.807, 2.05) is 12.1 Å². The second-order valence-corrected chi connectivity index (χ2v) is 5.38. The molecular weight excluding hydrogens is 252 g/mol. The van der Waals surface area contributed by atoms with Crippen LogP contribution in [0.15, 0.2) is 18.3 Å². The average Bonchev–Trinajstić information content (AvgIpc) is 2.92. The van der Waals surface area contributed by atoms with Gasteiger partial charge in [0.15, 0.2) is 0 Å². The summed E-state index contributed by atoms with van der Waals surface area (Å²) in [6.45, 7) is 5.80. The molecule has 0 N–H and O–H groups in total. The molecular formula is C15H20N4O. The van der Waals surface area contributed by atoms with Gasteiger partial charge in [0.25, 0.3) is 0 Å². The summed E-state index contributed by atoms with van der Waals surface area (Å²) in [6.07, 6.45) is 4.02. The van der Waals surface area contributed by atoms with Gasteiger partial charge in [0.2, 0.25) is 0 Å². The maximum Gasteiger partial charge on any atom is 0.146 e. The molecule has 0 spiro atoms. The zero-order valence-electron chi connectivity index (χ0n) is 11.7. The second kappa shape index (κ2) is 6.21. The van der Waals surface area contributed by atoms with Crippen molar-refractivity contribution in [1.82, 2.24) is 9.88 Å². The van der Waals surface area contributed by atoms with Crippen LogP contribution in [0.25, 0.3) is 0 Å². The van der Waals surface area contributed by atoms with Crippen molar-refractivity contribution in [2.24, 2.45) is 0 Å². The van der Waals surface area contributed by atoms with Gasteiger partial charge >= 0.3 is 0 Å². The molecule has 0 amide bonds. The van der Waals surface area contributed by atoms with Crippen molar-refractivity contribution in [3.63, 3.8) is 0 Å². The van der Waals surface area contributed by atoms with Crippen molar-refractivity contribution in [1.29, 1.82) is 5.26 Å². The summed E-state index contributed by atoms with van der Waals surface area (Å²) < 4.78 is 5.49. The van der Waals surface area contributed by atoms with Gasteiger partial charge in [-0.2, -0.15) is 5.26 Å². The Morgan fingerprint density at radius 2 is 2.25 bits per heavy atom. The van der Waals surface area contributed by atoms with E-state index < -0.39 is 0 Å². The Bertz CT molecular complexity index is 493. The van der Waals surface area contributed by atoms with Crippen LogP contribution < -0.4 is 4.90 Å². The molecule has 5 nitrogen and oxygen atoms in total. The van der Waals surface area contributed by atoms with E-state index in [0.29, 0.717) is 11.6 Å². The lowest BCUT2D eigenvalue weighted by atomic mass is 10.2. The number of nitriles is 1. The first-order chi connectivity index (χ1) is 9.88. The van der Waals surface area contributed by atoms with Crippen LogP contribution >= 0.6 is 0 Å². The molecule has 3 heterocycles. The molecule has 106 valence electrons. The number of anilines is 1. The van der Waals surface area contributed by atoms with Gasteiger partial charge in [-0.05, 0) is 25.0 Å². The normalized spacial score (nSPS) is 24.4. The van der Waals surface area contributed by atoms with Gasteiger partial charge in [-0.1, -0.05) is 0 Å². The third-order valence-corrected chi connectivity index (χ3v) is 4.16. The maximum atomic E-state index is 9.20. The number of ether oxygens (including phenoxy) is 1. The number of hydrogen-bond donors (Lipinski definition) is 0. The summed E-state index contributed by atoms with van der Waals surface area (Å²) in [5.74, 6) is 0.833. The van der Waals surface area contributed by atoms with E-state index in [9.17, 15) is 5.26 Å². The Labute approximate surface area is 119 Å². The zero-order chi connectivity index (χ0) is 13.8. The summed E-state index contributed by atoms with van der Waals surface area (Å²) in [6, 6.07) is 6.48. The van der Waals surface area contributed by atoms with Gasteiger partial charge in [0.1, 0.15) is 11.9 Å². The molecule has 0 radical (unpaired) electrons. The Morgan fingerprint density at radius 3 is 3.05 bits per heavy atom. The minimum absolute atomic E-state index is 0.578. The van der Waals surface area contributed by atoms with Gasteiger partial charge in [0, 0.05) is 45.0 Å². The number of aromatic nitrogens is 1. The molecule has 2 aliphatic rings. The molecule has 1 aromatic rings. The molecule has 2 aliphatic heterocycles. The highest BCUT2D eigenvalue weighted by molar-refractivity contribution is 5.53. The molecule has 0 saturated carbocycles. The Balaban J connectivity index is 1.69. The van der Waals surface area contributed by atoms with E-state index in [1.54, 1.807) is 6.20 Å². The number of nitrogens with zero attached hydrogens (tertiary/aromatic N) is 4. The molecule has 3 rings (SSSR count). The molecule has 2 fully saturated rings. The minimum Gasteiger partial charge on any atom is -0.380 e. The van der Waals surface area contributed by atoms with Crippen molar-refractivity contribution >= 4 is 5.82 Å². The van der Waals surface area contributed by atoms with E-state index >= 15 is 0 Å². The number of hydrogen-bond acceptors (Lipinski definition) is 5. The van der Waals surface area contributed by atoms with Crippen molar-refractivity contribution in [2.75, 3.05) is 44.3 Å². The lowest BCUT2D eigenvalue weighted by Gasteiger charge is -2.26. The van der Waals surface area contributed by atoms with E-state index in [4.69, 9.17) is 4.74 Å². The molecule has 0 aliphatic carbocycles. The summed E-state index contributed by atoms with van der Waals surface area (Å²) >= 11 is 0. The third-order valence-electron chi connectivity index (χ3n) is 4.16. The first-order valence-electron chi connectivity index (χ1n) is 7.30. The van der Waals surface area contributed by atoms with Crippen molar-refractivity contribution < 1.29 is 4.74 Å². The van der Waals surface area contributed by atoms with Gasteiger partial charge in [-0.15, -0.1) is 0 Å². The van der Waals surface area contributed by atoms with Crippen molar-refractivity contribution in [3.8, 4) is 6.07 Å². The lowest BCUT2D eigenvalue weighted by molar-refractivity contribution is 0.148. The van der Waals surface area contributed by atoms with E-state index in [2.05, 4.69) is 20.9 Å². The smallest absolute Gasteiger partial charge is 0.146 e. The molecule has 0 aromatic carbocycles. The monoisotopic (exact) mass is 272 g/mol. The molecule has 2 saturated heterocycles. The van der Waals surface area contributed by atoms with Crippen molar-refractivity contribution in [3.05, 3.63) is 23.9 Å². The van der Waals surface area contributed by atoms with Crippen molar-refractivity contribution in [2.45, 2.75) is 18.9 Å². The fourth-order valence-corrected chi connectivity index (χ4v) is 3.06. The number of rotatable bonds is 2. The zero-order valence-corrected chi connectivity index (χ0v) is 11.7. The van der Waals surface area contributed by atoms with Crippen LogP contribution in [0.1, 0.15) is 18.4 Å². The molecule has 20 heavy (non-hydrogen) atoms. The highest BCUT2D eigenvalue weighted by Crippen LogP contribution is 2.20. The second-order valence-electron chi connectivity index (χ2n) is 5.38. The molecule has 1 aromatic heterocycles. The quantitative estimate of drug-likeness (QED) is 0.811. The SMILES string of the molecule is N#Cc1cccnc1N1CCCN(C2CCOC2)CC1. The largest absolute Gasteiger partial charge is 0.380 e. The Kier molecular flexibility index (Phi) is 4.14. The van der Waals surface area contributed by atoms with Crippen LogP contribution in [0.5, 0.6) is 0 Å². The van der Waals surface area contributed by atoms with E-state index in [1.165, 1.54) is 0 Å². The molecule has 1 atom stereocenters. The van der Waals surface area contributed by atoms with Gasteiger partial charge < -0.3 is 9.64 Å². The van der Waals surface area contributed by atoms with E-state index in [-0.39, 0.29) is 0 Å². The molecule has 0 bridgehead atoms. The summed E-state index contributed by atoms with van der Waals surface area (Å²) in [5.41, 5.74) is 0.671. The molecule has 1 unspecified atom stereocenters. The Hall–Kier alpha value is -1.64. The topological polar surface area (TPSA) is 52.4 Å². The van der Waals surface area contributed by atoms with Crippen LogP contribution in [0.4, 0.5) is 5.82 Å². The van der Waals surface area contributed by atoms with Crippen LogP contribution in [0.3, 0.4) is 0 Å². The minimum atomic E-state index is 0.578. The standard InChI is InChI=1S/C15H20N4O/c16-11-13-3-1-5-17-15(13)19-7-2-6-18(8-9-19)14-4-10-20-12-14/h1,3,5,14H,2,4,6-10,12H2. The summed E-state index contributed by atoms with van der Waals surface area (Å²) in [5, 5.41) is 9.20. The fraction of sp³-hybridized carbons (Fsp3) is 0.600. The van der Waals surface area contributed by atoms with E-state index in [0.717, 1.165) is 58.1 Å². The van der Waals surface area contributed by atoms with Crippen LogP contribution in [0, 0.1) is 11.3 Å². The first kappa shape index (κ1) is 13.3. The highest BCUT2D eigenvalue weighted by atomic mass is 16.5. The Morgan fingerprint density at radius 1 is 1.30 bits per heavy atom. The van der Waals surface area contributed by atoms with Gasteiger partial charge in [-0.3, -0.25) is 4.90 Å². The summed E-state index contributed by atoms with van der Waals surface area (Å²) in [7, 11) is 0. The van der Waals surface area contributed by atoms with Gasteiger partial charge in [0.05, 0.1) is 12.2 Å². The predicted molar refractivity (Wildman–Crippen MR) is 76.6 cm³/mol. The predicted octanol–water partition coefficient (Wildman–Crippen LogP) is 1.25. The highest BCUT2D eigenvalue weighted by Gasteiger charge is 2.26. The van der Waals surface area contributed by atoms with Crippen LogP contribution in [0.2, 0.25) is 0 Å². The third kappa shape index (κ3) is 2.77. The fourth-order valence-electron chi connectivity index (χ4n) is 3.06. The summed E-state index contributed by atoms with van der Waals surface area (Å²) in [4.78, 5) is 9.17. The van der Waals surface area contributed by atoms with Crippen LogP contribution in [-0.4, -0.2) is 55.3 Å². The lowest BCUT2D eigenvalue weighted by Crippen LogP contribution is -2.38. The first-order valence-corrected chi connectivity index (χ1v) is 7.30. The van der Waals surface area contributed by atoms with Crippen LogP contribution in [-0.2, 0) is 4.74 Å². The van der Waals surface area contributed by atoms with Gasteiger partial charge in [-0.25, -0.2) is 4.98 Å².